The van der Waals surface area contributed by atoms with Gasteiger partial charge in [0.1, 0.15) is 0 Å². The van der Waals surface area contributed by atoms with Gasteiger partial charge < -0.3 is 0 Å². The fourth-order valence-electron chi connectivity index (χ4n) is 2.07. The summed E-state index contributed by atoms with van der Waals surface area (Å²) in [5.74, 6) is 0. The van der Waals surface area contributed by atoms with Gasteiger partial charge in [0.2, 0.25) is 9.84 Å². The van der Waals surface area contributed by atoms with E-state index >= 15 is 0 Å². The molecule has 8 heteroatoms. The first-order valence-electron chi connectivity index (χ1n) is 6.59. The Balaban J connectivity index is 1.96. The molecule has 0 saturated heterocycles. The number of nitrogens with zero attached hydrogens (tertiary/aromatic N) is 2. The van der Waals surface area contributed by atoms with E-state index in [2.05, 4.69) is 10.2 Å². The van der Waals surface area contributed by atoms with Crippen molar-refractivity contribution in [1.82, 2.24) is 10.2 Å². The number of aromatic nitrogens is 2. The Bertz CT molecular complexity index is 948. The zero-order chi connectivity index (χ0) is 16.4. The Labute approximate surface area is 131 Å². The summed E-state index contributed by atoms with van der Waals surface area (Å²) < 4.78 is 24.9. The van der Waals surface area contributed by atoms with Crippen LogP contribution < -0.4 is 0 Å². The Morgan fingerprint density at radius 1 is 1.00 bits per heavy atom. The second kappa shape index (κ2) is 5.65. The molecular formula is C15H11N3O4S. The molecule has 3 rings (SSSR count). The van der Waals surface area contributed by atoms with Crippen molar-refractivity contribution in [1.29, 1.82) is 0 Å². The van der Waals surface area contributed by atoms with E-state index in [1.54, 1.807) is 18.2 Å². The zero-order valence-corrected chi connectivity index (χ0v) is 12.5. The van der Waals surface area contributed by atoms with E-state index in [9.17, 15) is 18.5 Å². The molecule has 0 atom stereocenters. The van der Waals surface area contributed by atoms with E-state index in [1.165, 1.54) is 42.5 Å². The molecule has 116 valence electrons. The van der Waals surface area contributed by atoms with Gasteiger partial charge in [-0.1, -0.05) is 18.2 Å². The topological polar surface area (TPSA) is 106 Å². The molecule has 0 aliphatic carbocycles. The van der Waals surface area contributed by atoms with Crippen LogP contribution in [-0.2, 0) is 9.84 Å². The van der Waals surface area contributed by atoms with Gasteiger partial charge in [0.05, 0.1) is 15.5 Å². The number of aromatic amines is 1. The molecule has 1 aromatic heterocycles. The minimum absolute atomic E-state index is 0.0305. The fraction of sp³-hybridized carbons (Fsp3) is 0. The largest absolute Gasteiger partial charge is 0.269 e. The van der Waals surface area contributed by atoms with Crippen molar-refractivity contribution in [3.63, 3.8) is 0 Å². The summed E-state index contributed by atoms with van der Waals surface area (Å²) in [6.07, 6.45) is 0. The normalized spacial score (nSPS) is 11.3. The van der Waals surface area contributed by atoms with Crippen molar-refractivity contribution in [2.45, 2.75) is 9.92 Å². The predicted octanol–water partition coefficient (Wildman–Crippen LogP) is 2.82. The van der Waals surface area contributed by atoms with Crippen molar-refractivity contribution in [3.05, 3.63) is 70.8 Å². The van der Waals surface area contributed by atoms with Crippen LogP contribution in [0, 0.1) is 10.1 Å². The summed E-state index contributed by atoms with van der Waals surface area (Å²) in [6, 6.07) is 15.1. The quantitative estimate of drug-likeness (QED) is 0.585. The first kappa shape index (κ1) is 14.9. The van der Waals surface area contributed by atoms with Gasteiger partial charge in [-0.3, -0.25) is 15.2 Å². The summed E-state index contributed by atoms with van der Waals surface area (Å²) in [5.41, 5.74) is 0.942. The van der Waals surface area contributed by atoms with E-state index in [0.717, 1.165) is 0 Å². The number of rotatable bonds is 4. The lowest BCUT2D eigenvalue weighted by Gasteiger charge is -2.00. The molecule has 0 amide bonds. The smallest absolute Gasteiger partial charge is 0.266 e. The van der Waals surface area contributed by atoms with Gasteiger partial charge in [0, 0.05) is 23.8 Å². The minimum Gasteiger partial charge on any atom is -0.266 e. The molecule has 1 N–H and O–H groups in total. The lowest BCUT2D eigenvalue weighted by Crippen LogP contribution is -2.01. The number of hydrogen-bond acceptors (Lipinski definition) is 5. The van der Waals surface area contributed by atoms with Gasteiger partial charge in [-0.2, -0.15) is 5.10 Å². The van der Waals surface area contributed by atoms with E-state index in [1.807, 2.05) is 0 Å². The van der Waals surface area contributed by atoms with Crippen LogP contribution in [0.25, 0.3) is 11.3 Å². The van der Waals surface area contributed by atoms with E-state index < -0.39 is 14.8 Å². The van der Waals surface area contributed by atoms with E-state index in [0.29, 0.717) is 11.3 Å². The maximum Gasteiger partial charge on any atom is 0.269 e. The maximum atomic E-state index is 12.5. The highest BCUT2D eigenvalue weighted by atomic mass is 32.2. The highest BCUT2D eigenvalue weighted by molar-refractivity contribution is 7.91. The Morgan fingerprint density at radius 3 is 2.26 bits per heavy atom. The lowest BCUT2D eigenvalue weighted by atomic mass is 10.1. The number of nitrogens with one attached hydrogen (secondary N) is 1. The maximum absolute atomic E-state index is 12.5. The van der Waals surface area contributed by atoms with Gasteiger partial charge in [0.25, 0.3) is 5.69 Å². The monoisotopic (exact) mass is 329 g/mol. The van der Waals surface area contributed by atoms with Crippen molar-refractivity contribution in [3.8, 4) is 11.3 Å². The van der Waals surface area contributed by atoms with Crippen molar-refractivity contribution >= 4 is 15.5 Å². The summed E-state index contributed by atoms with van der Waals surface area (Å²) in [5, 5.41) is 17.1. The van der Waals surface area contributed by atoms with Crippen molar-refractivity contribution < 1.29 is 13.3 Å². The Hall–Kier alpha value is -3.00. The van der Waals surface area contributed by atoms with Gasteiger partial charge in [-0.05, 0) is 24.3 Å². The third-order valence-corrected chi connectivity index (χ3v) is 4.95. The molecule has 0 radical (unpaired) electrons. The number of nitro groups is 1. The third kappa shape index (κ3) is 2.84. The molecule has 23 heavy (non-hydrogen) atoms. The molecule has 0 fully saturated rings. The lowest BCUT2D eigenvalue weighted by molar-refractivity contribution is -0.384. The second-order valence-electron chi connectivity index (χ2n) is 4.74. The van der Waals surface area contributed by atoms with Crippen LogP contribution in [0.1, 0.15) is 0 Å². The Kier molecular flexibility index (Phi) is 3.67. The highest BCUT2D eigenvalue weighted by Gasteiger charge is 2.20. The highest BCUT2D eigenvalue weighted by Crippen LogP contribution is 2.25. The average Bonchev–Trinajstić information content (AvgIpc) is 3.06. The number of benzene rings is 2. The van der Waals surface area contributed by atoms with Crippen LogP contribution in [0.3, 0.4) is 0 Å². The molecule has 7 nitrogen and oxygen atoms in total. The molecule has 0 spiro atoms. The summed E-state index contributed by atoms with van der Waals surface area (Å²) in [4.78, 5) is 10.3. The fourth-order valence-corrected chi connectivity index (χ4v) is 3.27. The van der Waals surface area contributed by atoms with Gasteiger partial charge >= 0.3 is 0 Å². The van der Waals surface area contributed by atoms with Crippen molar-refractivity contribution in [2.75, 3.05) is 0 Å². The van der Waals surface area contributed by atoms with Crippen molar-refractivity contribution in [2.24, 2.45) is 0 Å². The number of nitro benzene ring substituents is 1. The standard InChI is InChI=1S/C15H11N3O4S/c19-18(20)12-8-6-11(7-9-12)14-10-15(17-16-14)23(21,22)13-4-2-1-3-5-13/h1-10H,(H,16,17). The molecule has 3 aromatic rings. The van der Waals surface area contributed by atoms with Gasteiger partial charge in [-0.25, -0.2) is 8.42 Å². The molecule has 1 heterocycles. The van der Waals surface area contributed by atoms with Gasteiger partial charge in [0.15, 0.2) is 5.03 Å². The number of non-ortho nitro benzene ring substituents is 1. The van der Waals surface area contributed by atoms with Crippen LogP contribution in [0.2, 0.25) is 0 Å². The second-order valence-corrected chi connectivity index (χ2v) is 6.66. The third-order valence-electron chi connectivity index (χ3n) is 3.27. The zero-order valence-electron chi connectivity index (χ0n) is 11.7. The number of hydrogen-bond donors (Lipinski definition) is 1. The summed E-state index contributed by atoms with van der Waals surface area (Å²) >= 11 is 0. The molecular weight excluding hydrogens is 318 g/mol. The average molecular weight is 329 g/mol. The molecule has 2 aromatic carbocycles. The molecule has 0 aliphatic rings. The minimum atomic E-state index is -3.67. The molecule has 0 unspecified atom stereocenters. The summed E-state index contributed by atoms with van der Waals surface area (Å²) in [6.45, 7) is 0. The first-order chi connectivity index (χ1) is 11.0. The van der Waals surface area contributed by atoms with E-state index in [-0.39, 0.29) is 15.6 Å². The van der Waals surface area contributed by atoms with E-state index in [4.69, 9.17) is 0 Å². The van der Waals surface area contributed by atoms with Crippen LogP contribution >= 0.6 is 0 Å². The molecule has 0 aliphatic heterocycles. The number of sulfone groups is 1. The SMILES string of the molecule is O=[N+]([O-])c1ccc(-c2cc(S(=O)(=O)c3ccccc3)[nH]n2)cc1. The predicted molar refractivity (Wildman–Crippen MR) is 82.6 cm³/mol. The van der Waals surface area contributed by atoms with Crippen LogP contribution in [0.15, 0.2) is 70.6 Å². The number of H-pyrrole nitrogens is 1. The van der Waals surface area contributed by atoms with Crippen LogP contribution in [-0.4, -0.2) is 23.5 Å². The van der Waals surface area contributed by atoms with Crippen LogP contribution in [0.5, 0.6) is 0 Å². The molecule has 0 saturated carbocycles. The van der Waals surface area contributed by atoms with Crippen LogP contribution in [0.4, 0.5) is 5.69 Å². The Morgan fingerprint density at radius 2 is 1.65 bits per heavy atom. The van der Waals surface area contributed by atoms with Gasteiger partial charge in [-0.15, -0.1) is 0 Å². The molecule has 0 bridgehead atoms. The summed E-state index contributed by atoms with van der Waals surface area (Å²) in [7, 11) is -3.67. The first-order valence-corrected chi connectivity index (χ1v) is 8.07.